The first-order valence-corrected chi connectivity index (χ1v) is 8.65. The average Bonchev–Trinajstić information content (AvgIpc) is 2.92. The summed E-state index contributed by atoms with van der Waals surface area (Å²) >= 11 is 3.12. The Morgan fingerprint density at radius 2 is 1.93 bits per heavy atom. The Morgan fingerprint density at radius 3 is 2.54 bits per heavy atom. The van der Waals surface area contributed by atoms with Crippen LogP contribution in [0.5, 0.6) is 5.75 Å². The molecule has 1 aliphatic rings. The number of hydrogen-bond donors (Lipinski definition) is 1. The summed E-state index contributed by atoms with van der Waals surface area (Å²) in [5.74, 6) is -2.22. The maximum atomic E-state index is 12.6. The highest BCUT2D eigenvalue weighted by Crippen LogP contribution is 2.37. The zero-order chi connectivity index (χ0) is 20.4. The van der Waals surface area contributed by atoms with Crippen molar-refractivity contribution in [2.75, 3.05) is 5.01 Å². The number of hydrazine groups is 1. The van der Waals surface area contributed by atoms with Crippen molar-refractivity contribution < 1.29 is 24.0 Å². The molecule has 1 fully saturated rings. The summed E-state index contributed by atoms with van der Waals surface area (Å²) in [7, 11) is 0. The van der Waals surface area contributed by atoms with Gasteiger partial charge in [0.25, 0.3) is 11.8 Å². The second-order valence-corrected chi connectivity index (χ2v) is 6.53. The minimum absolute atomic E-state index is 0.134. The molecule has 2 amide bonds. The zero-order valence-corrected chi connectivity index (χ0v) is 15.9. The normalized spacial score (nSPS) is 14.9. The number of para-hydroxylation sites is 1. The Labute approximate surface area is 166 Å². The third-order valence-electron chi connectivity index (χ3n) is 3.71. The van der Waals surface area contributed by atoms with Gasteiger partial charge in [-0.15, -0.1) is 0 Å². The highest BCUT2D eigenvalue weighted by Gasteiger charge is 2.34. The number of ether oxygens (including phenoxy) is 1. The van der Waals surface area contributed by atoms with Crippen molar-refractivity contribution in [1.82, 2.24) is 5.43 Å². The van der Waals surface area contributed by atoms with Crippen LogP contribution in [0.4, 0.5) is 11.4 Å². The van der Waals surface area contributed by atoms with Crippen LogP contribution in [0.2, 0.25) is 0 Å². The Bertz CT molecular complexity index is 1040. The lowest BCUT2D eigenvalue weighted by atomic mass is 10.1. The van der Waals surface area contributed by atoms with Gasteiger partial charge in [-0.2, -0.15) is 0 Å². The summed E-state index contributed by atoms with van der Waals surface area (Å²) in [5.41, 5.74) is 2.45. The Morgan fingerprint density at radius 1 is 1.25 bits per heavy atom. The second-order valence-electron chi connectivity index (χ2n) is 5.68. The highest BCUT2D eigenvalue weighted by atomic mass is 79.9. The van der Waals surface area contributed by atoms with Crippen LogP contribution in [0.25, 0.3) is 6.08 Å². The van der Waals surface area contributed by atoms with Crippen LogP contribution in [-0.2, 0) is 14.4 Å². The second kappa shape index (κ2) is 7.61. The standard InChI is InChI=1S/C18H12BrN3O6/c1-10(23)28-16-14(19)8-11(9-15(16)22(26)27)7-13-17(24)20-21(18(13)25)12-5-3-2-4-6-12/h2-9H,1H3,(H,20,24)/b13-7-. The fourth-order valence-electron chi connectivity index (χ4n) is 2.55. The predicted octanol–water partition coefficient (Wildman–Crippen LogP) is 2.74. The van der Waals surface area contributed by atoms with Crippen molar-refractivity contribution in [3.63, 3.8) is 0 Å². The smallest absolute Gasteiger partial charge is 0.313 e. The molecule has 1 aliphatic heterocycles. The van der Waals surface area contributed by atoms with E-state index in [2.05, 4.69) is 21.4 Å². The number of nitrogens with zero attached hydrogens (tertiary/aromatic N) is 2. The number of carbonyl (C=O) groups excluding carboxylic acids is 3. The molecular weight excluding hydrogens is 434 g/mol. The van der Waals surface area contributed by atoms with E-state index >= 15 is 0 Å². The number of carbonyl (C=O) groups is 3. The molecule has 2 aromatic carbocycles. The molecule has 0 radical (unpaired) electrons. The fourth-order valence-corrected chi connectivity index (χ4v) is 3.09. The third-order valence-corrected chi connectivity index (χ3v) is 4.29. The molecule has 0 aliphatic carbocycles. The fraction of sp³-hybridized carbons (Fsp3) is 0.0556. The summed E-state index contributed by atoms with van der Waals surface area (Å²) in [6.45, 7) is 1.12. The first-order chi connectivity index (χ1) is 13.3. The summed E-state index contributed by atoms with van der Waals surface area (Å²) in [6, 6.07) is 11.0. The number of halogens is 1. The maximum Gasteiger partial charge on any atom is 0.313 e. The molecule has 28 heavy (non-hydrogen) atoms. The average molecular weight is 446 g/mol. The molecule has 3 rings (SSSR count). The minimum atomic E-state index is -0.724. The van der Waals surface area contributed by atoms with E-state index in [0.29, 0.717) is 5.69 Å². The molecule has 0 bridgehead atoms. The molecule has 1 saturated heterocycles. The van der Waals surface area contributed by atoms with Crippen LogP contribution in [0.1, 0.15) is 12.5 Å². The third kappa shape index (κ3) is 3.76. The van der Waals surface area contributed by atoms with Crippen molar-refractivity contribution in [3.05, 3.63) is 68.2 Å². The molecular formula is C18H12BrN3O6. The summed E-state index contributed by atoms with van der Waals surface area (Å²) < 4.78 is 5.01. The molecule has 142 valence electrons. The zero-order valence-electron chi connectivity index (χ0n) is 14.3. The van der Waals surface area contributed by atoms with Crippen LogP contribution in [0, 0.1) is 10.1 Å². The van der Waals surface area contributed by atoms with Crippen LogP contribution < -0.4 is 15.2 Å². The van der Waals surface area contributed by atoms with E-state index in [0.717, 1.165) is 18.0 Å². The summed E-state index contributed by atoms with van der Waals surface area (Å²) in [6.07, 6.45) is 1.23. The van der Waals surface area contributed by atoms with E-state index in [1.54, 1.807) is 30.3 Å². The lowest BCUT2D eigenvalue weighted by Crippen LogP contribution is -2.35. The van der Waals surface area contributed by atoms with Gasteiger partial charge in [0.15, 0.2) is 0 Å². The van der Waals surface area contributed by atoms with Gasteiger partial charge in [0, 0.05) is 13.0 Å². The Hall–Kier alpha value is -3.53. The summed E-state index contributed by atoms with van der Waals surface area (Å²) in [4.78, 5) is 46.6. The van der Waals surface area contributed by atoms with E-state index in [1.807, 2.05) is 0 Å². The molecule has 0 atom stereocenters. The van der Waals surface area contributed by atoms with Crippen molar-refractivity contribution in [2.45, 2.75) is 6.92 Å². The molecule has 0 unspecified atom stereocenters. The van der Waals surface area contributed by atoms with Gasteiger partial charge in [0.2, 0.25) is 5.75 Å². The van der Waals surface area contributed by atoms with Crippen molar-refractivity contribution >= 4 is 51.2 Å². The number of benzene rings is 2. The van der Waals surface area contributed by atoms with Gasteiger partial charge in [-0.1, -0.05) is 18.2 Å². The molecule has 9 nitrogen and oxygen atoms in total. The largest absolute Gasteiger partial charge is 0.418 e. The number of hydrogen-bond acceptors (Lipinski definition) is 6. The lowest BCUT2D eigenvalue weighted by Gasteiger charge is -2.13. The van der Waals surface area contributed by atoms with Crippen molar-refractivity contribution in [1.29, 1.82) is 0 Å². The van der Waals surface area contributed by atoms with E-state index in [4.69, 9.17) is 4.74 Å². The van der Waals surface area contributed by atoms with E-state index < -0.39 is 28.4 Å². The van der Waals surface area contributed by atoms with Gasteiger partial charge < -0.3 is 4.74 Å². The number of rotatable bonds is 4. The van der Waals surface area contributed by atoms with E-state index in [9.17, 15) is 24.5 Å². The number of esters is 1. The molecule has 10 heteroatoms. The quantitative estimate of drug-likeness (QED) is 0.193. The molecule has 1 N–H and O–H groups in total. The number of nitro groups is 1. The first-order valence-electron chi connectivity index (χ1n) is 7.86. The van der Waals surface area contributed by atoms with Crippen molar-refractivity contribution in [3.8, 4) is 5.75 Å². The van der Waals surface area contributed by atoms with Crippen LogP contribution >= 0.6 is 15.9 Å². The van der Waals surface area contributed by atoms with Gasteiger partial charge in [-0.05, 0) is 45.8 Å². The van der Waals surface area contributed by atoms with Gasteiger partial charge in [-0.3, -0.25) is 29.9 Å². The topological polar surface area (TPSA) is 119 Å². The predicted molar refractivity (Wildman–Crippen MR) is 102 cm³/mol. The number of anilines is 1. The summed E-state index contributed by atoms with van der Waals surface area (Å²) in [5, 5.41) is 12.4. The van der Waals surface area contributed by atoms with Gasteiger partial charge in [0.1, 0.15) is 5.57 Å². The van der Waals surface area contributed by atoms with E-state index in [-0.39, 0.29) is 21.4 Å². The number of nitrogens with one attached hydrogen (secondary N) is 1. The highest BCUT2D eigenvalue weighted by molar-refractivity contribution is 9.10. The molecule has 0 saturated carbocycles. The van der Waals surface area contributed by atoms with E-state index in [1.165, 1.54) is 12.1 Å². The van der Waals surface area contributed by atoms with Gasteiger partial charge in [0.05, 0.1) is 15.1 Å². The lowest BCUT2D eigenvalue weighted by molar-refractivity contribution is -0.385. The first kappa shape index (κ1) is 19.2. The van der Waals surface area contributed by atoms with Crippen LogP contribution in [0.3, 0.4) is 0 Å². The number of nitro benzene ring substituents is 1. The van der Waals surface area contributed by atoms with Gasteiger partial charge in [-0.25, -0.2) is 5.01 Å². The molecule has 0 spiro atoms. The monoisotopic (exact) mass is 445 g/mol. The molecule has 1 heterocycles. The molecule has 0 aromatic heterocycles. The minimum Gasteiger partial charge on any atom is -0.418 e. The number of amides is 2. The SMILES string of the molecule is CC(=O)Oc1c(Br)cc(/C=C2/C(=O)NN(c3ccccc3)C2=O)cc1[N+](=O)[O-]. The van der Waals surface area contributed by atoms with Gasteiger partial charge >= 0.3 is 11.7 Å². The van der Waals surface area contributed by atoms with Crippen molar-refractivity contribution in [2.24, 2.45) is 0 Å². The Balaban J connectivity index is 2.01. The van der Waals surface area contributed by atoms with Crippen LogP contribution in [0.15, 0.2) is 52.5 Å². The Kier molecular flexibility index (Phi) is 5.23. The van der Waals surface area contributed by atoms with Crippen LogP contribution in [-0.4, -0.2) is 22.7 Å². The maximum absolute atomic E-state index is 12.6. The molecule has 2 aromatic rings.